The summed E-state index contributed by atoms with van der Waals surface area (Å²) in [7, 11) is -2.48. The fraction of sp³-hybridized carbons (Fsp3) is 0.133. The Labute approximate surface area is 231 Å². The van der Waals surface area contributed by atoms with Crippen LogP contribution in [0.2, 0.25) is 0 Å². The van der Waals surface area contributed by atoms with Gasteiger partial charge in [0.1, 0.15) is 22.3 Å². The van der Waals surface area contributed by atoms with E-state index in [1.54, 1.807) is 59.7 Å². The van der Waals surface area contributed by atoms with E-state index < -0.39 is 40.0 Å². The van der Waals surface area contributed by atoms with E-state index >= 15 is 0 Å². The van der Waals surface area contributed by atoms with Crippen molar-refractivity contribution < 1.29 is 31.8 Å². The first-order valence-corrected chi connectivity index (χ1v) is 13.9. The molecular weight excluding hydrogens is 532 g/mol. The summed E-state index contributed by atoms with van der Waals surface area (Å²) in [5.74, 6) is -0.977. The van der Waals surface area contributed by atoms with Crippen LogP contribution in [-0.2, 0) is 24.5 Å². The molecule has 0 N–H and O–H groups in total. The molecule has 2 fully saturated rings. The predicted molar refractivity (Wildman–Crippen MR) is 146 cm³/mol. The molecule has 3 atom stereocenters. The Morgan fingerprint density at radius 1 is 0.700 bits per heavy atom. The van der Waals surface area contributed by atoms with Crippen LogP contribution in [0.1, 0.15) is 11.6 Å². The van der Waals surface area contributed by atoms with E-state index in [1.807, 2.05) is 30.3 Å². The maximum atomic E-state index is 13.8. The first kappa shape index (κ1) is 25.6. The molecule has 0 aliphatic carbocycles. The van der Waals surface area contributed by atoms with Gasteiger partial charge in [-0.3, -0.25) is 14.4 Å². The van der Waals surface area contributed by atoms with Crippen molar-refractivity contribution in [3.05, 3.63) is 115 Å². The number of benzene rings is 4. The second-order valence-electron chi connectivity index (χ2n) is 9.29. The van der Waals surface area contributed by atoms with E-state index in [-0.39, 0.29) is 10.6 Å². The van der Waals surface area contributed by atoms with Gasteiger partial charge in [-0.25, -0.2) is 9.96 Å². The highest BCUT2D eigenvalue weighted by Gasteiger charge is 2.60. The van der Waals surface area contributed by atoms with Crippen LogP contribution in [0.25, 0.3) is 0 Å². The molecule has 0 unspecified atom stereocenters. The third-order valence-corrected chi connectivity index (χ3v) is 8.18. The largest absolute Gasteiger partial charge is 0.497 e. The second-order valence-corrected chi connectivity index (χ2v) is 10.8. The van der Waals surface area contributed by atoms with Gasteiger partial charge in [0.05, 0.1) is 24.5 Å². The lowest BCUT2D eigenvalue weighted by molar-refractivity contribution is -0.126. The van der Waals surface area contributed by atoms with Crippen LogP contribution in [0.3, 0.4) is 0 Å². The second kappa shape index (κ2) is 10.1. The number of hydrogen-bond acceptors (Lipinski definition) is 8. The summed E-state index contributed by atoms with van der Waals surface area (Å²) in [4.78, 5) is 34.6. The van der Waals surface area contributed by atoms with Crippen molar-refractivity contribution in [2.24, 2.45) is 5.92 Å². The van der Waals surface area contributed by atoms with E-state index in [9.17, 15) is 18.0 Å². The zero-order valence-electron chi connectivity index (χ0n) is 21.3. The fourth-order valence-corrected chi connectivity index (χ4v) is 5.97. The van der Waals surface area contributed by atoms with Gasteiger partial charge in [0, 0.05) is 0 Å². The maximum absolute atomic E-state index is 13.8. The fourth-order valence-electron chi connectivity index (χ4n) is 5.02. The summed E-state index contributed by atoms with van der Waals surface area (Å²) in [6.07, 6.45) is -1.03. The molecule has 2 heterocycles. The van der Waals surface area contributed by atoms with Crippen LogP contribution in [0.15, 0.2) is 114 Å². The van der Waals surface area contributed by atoms with Crippen molar-refractivity contribution in [3.63, 3.8) is 0 Å². The lowest BCUT2D eigenvalue weighted by atomic mass is 9.90. The van der Waals surface area contributed by atoms with Crippen molar-refractivity contribution in [2.45, 2.75) is 17.0 Å². The molecule has 0 radical (unpaired) electrons. The van der Waals surface area contributed by atoms with Crippen molar-refractivity contribution in [1.82, 2.24) is 0 Å². The molecule has 0 saturated carbocycles. The highest BCUT2D eigenvalue weighted by molar-refractivity contribution is 7.87. The Kier molecular flexibility index (Phi) is 6.49. The number of nitrogens with zero attached hydrogens (tertiary/aromatic N) is 2. The lowest BCUT2D eigenvalue weighted by Gasteiger charge is -2.28. The maximum Gasteiger partial charge on any atom is 0.339 e. The van der Waals surface area contributed by atoms with Gasteiger partial charge in [-0.05, 0) is 66.2 Å². The molecule has 0 aromatic heterocycles. The smallest absolute Gasteiger partial charge is 0.339 e. The Morgan fingerprint density at radius 3 is 1.93 bits per heavy atom. The standard InChI is InChI=1S/C30H24N2O7S/c1-37-23-18-14-21(15-19-23)31-29(33)26-27(32(38-28(26)30(31)34)22-8-4-2-5-9-22)20-12-16-24(17-13-20)39-40(35,36)25-10-6-3-7-11-25/h2-19,26-28H,1H3/t26-,27-,28+/m1/s1. The first-order chi connectivity index (χ1) is 19.4. The summed E-state index contributed by atoms with van der Waals surface area (Å²) in [5, 5.41) is 1.58. The SMILES string of the molecule is COc1ccc(N2C(=O)[C@H]3[C@H](ON(c4ccccc4)[C@@H]3c3ccc(OS(=O)(=O)c4ccccc4)cc3)C2=O)cc1. The quantitative estimate of drug-likeness (QED) is 0.242. The predicted octanol–water partition coefficient (Wildman–Crippen LogP) is 4.51. The van der Waals surface area contributed by atoms with E-state index in [0.717, 1.165) is 4.90 Å². The lowest BCUT2D eigenvalue weighted by Crippen LogP contribution is -2.37. The molecule has 10 heteroatoms. The molecule has 2 aliphatic heterocycles. The minimum Gasteiger partial charge on any atom is -0.497 e. The van der Waals surface area contributed by atoms with Gasteiger partial charge in [-0.15, -0.1) is 0 Å². The van der Waals surface area contributed by atoms with Crippen molar-refractivity contribution >= 4 is 33.3 Å². The van der Waals surface area contributed by atoms with E-state index in [1.165, 1.54) is 31.4 Å². The van der Waals surface area contributed by atoms with Gasteiger partial charge >= 0.3 is 10.1 Å². The number of para-hydroxylation sites is 1. The summed E-state index contributed by atoms with van der Waals surface area (Å²) < 4.78 is 35.9. The summed E-state index contributed by atoms with van der Waals surface area (Å²) >= 11 is 0. The van der Waals surface area contributed by atoms with Gasteiger partial charge in [-0.1, -0.05) is 48.5 Å². The van der Waals surface area contributed by atoms with Gasteiger partial charge in [0.2, 0.25) is 5.91 Å². The zero-order chi connectivity index (χ0) is 27.9. The van der Waals surface area contributed by atoms with E-state index in [2.05, 4.69) is 0 Å². The number of hydrogen-bond donors (Lipinski definition) is 0. The molecule has 0 spiro atoms. The van der Waals surface area contributed by atoms with Crippen LogP contribution >= 0.6 is 0 Å². The van der Waals surface area contributed by atoms with Gasteiger partial charge < -0.3 is 8.92 Å². The number of anilines is 2. The Bertz CT molecular complexity index is 1640. The summed E-state index contributed by atoms with van der Waals surface area (Å²) in [6, 6.07) is 29.4. The summed E-state index contributed by atoms with van der Waals surface area (Å²) in [5.41, 5.74) is 1.75. The minimum atomic E-state index is -4.02. The van der Waals surface area contributed by atoms with Gasteiger partial charge in [0.25, 0.3) is 5.91 Å². The number of carbonyl (C=O) groups excluding carboxylic acids is 2. The number of hydroxylamine groups is 1. The van der Waals surface area contributed by atoms with Crippen LogP contribution in [0, 0.1) is 5.92 Å². The molecule has 6 rings (SSSR count). The minimum absolute atomic E-state index is 0.0371. The Morgan fingerprint density at radius 2 is 1.30 bits per heavy atom. The number of amides is 2. The molecule has 2 aliphatic rings. The molecule has 4 aromatic rings. The van der Waals surface area contributed by atoms with Crippen molar-refractivity contribution in [1.29, 1.82) is 0 Å². The van der Waals surface area contributed by atoms with Crippen LogP contribution in [0.5, 0.6) is 11.5 Å². The van der Waals surface area contributed by atoms with Gasteiger partial charge in [-0.2, -0.15) is 8.42 Å². The number of ether oxygens (including phenoxy) is 1. The molecule has 40 heavy (non-hydrogen) atoms. The average molecular weight is 557 g/mol. The molecule has 9 nitrogen and oxygen atoms in total. The Hall–Kier alpha value is -4.67. The monoisotopic (exact) mass is 556 g/mol. The normalized spacial score (nSPS) is 20.5. The first-order valence-electron chi connectivity index (χ1n) is 12.5. The number of fused-ring (bicyclic) bond motifs is 1. The topological polar surface area (TPSA) is 102 Å². The van der Waals surface area contributed by atoms with Crippen LogP contribution < -0.4 is 18.9 Å². The molecule has 4 aromatic carbocycles. The molecule has 2 saturated heterocycles. The molecule has 0 bridgehead atoms. The number of rotatable bonds is 7. The van der Waals surface area contributed by atoms with Gasteiger partial charge in [0.15, 0.2) is 6.10 Å². The van der Waals surface area contributed by atoms with E-state index in [4.69, 9.17) is 13.8 Å². The highest BCUT2D eigenvalue weighted by atomic mass is 32.2. The molecular formula is C30H24N2O7S. The van der Waals surface area contributed by atoms with Crippen molar-refractivity contribution in [3.8, 4) is 11.5 Å². The third-order valence-electron chi connectivity index (χ3n) is 6.92. The van der Waals surface area contributed by atoms with Crippen LogP contribution in [-0.4, -0.2) is 33.4 Å². The Balaban J connectivity index is 1.33. The third kappa shape index (κ3) is 4.47. The molecule has 2 amide bonds. The number of methoxy groups -OCH3 is 1. The zero-order valence-corrected chi connectivity index (χ0v) is 22.1. The summed E-state index contributed by atoms with van der Waals surface area (Å²) in [6.45, 7) is 0. The number of imide groups is 1. The van der Waals surface area contributed by atoms with E-state index in [0.29, 0.717) is 22.7 Å². The average Bonchev–Trinajstić information content (AvgIpc) is 3.50. The van der Waals surface area contributed by atoms with Crippen molar-refractivity contribution in [2.75, 3.05) is 17.1 Å². The highest BCUT2D eigenvalue weighted by Crippen LogP contribution is 2.47. The number of carbonyl (C=O) groups is 2. The molecule has 202 valence electrons. The van der Waals surface area contributed by atoms with Crippen LogP contribution in [0.4, 0.5) is 11.4 Å².